The standard InChI is InChI=1S/C17H17ClN2O/c1-11-8-13-9-14(19)6-7-16(13)20(11)17(21)10-12-4-2-3-5-15(12)18/h2-7,9,11H,8,10,19H2,1H3. The Morgan fingerprint density at radius 2 is 2.10 bits per heavy atom. The Balaban J connectivity index is 1.88. The molecular weight excluding hydrogens is 284 g/mol. The summed E-state index contributed by atoms with van der Waals surface area (Å²) in [6.45, 7) is 2.06. The van der Waals surface area contributed by atoms with Crippen LogP contribution in [0.3, 0.4) is 0 Å². The van der Waals surface area contributed by atoms with Gasteiger partial charge in [-0.05, 0) is 48.7 Å². The van der Waals surface area contributed by atoms with E-state index in [1.54, 1.807) is 0 Å². The highest BCUT2D eigenvalue weighted by Crippen LogP contribution is 2.34. The van der Waals surface area contributed by atoms with Gasteiger partial charge in [-0.15, -0.1) is 0 Å². The summed E-state index contributed by atoms with van der Waals surface area (Å²) in [5.41, 5.74) is 9.52. The van der Waals surface area contributed by atoms with Crippen molar-refractivity contribution in [2.24, 2.45) is 0 Å². The quantitative estimate of drug-likeness (QED) is 0.864. The molecule has 1 aliphatic rings. The van der Waals surface area contributed by atoms with Gasteiger partial charge < -0.3 is 10.6 Å². The smallest absolute Gasteiger partial charge is 0.231 e. The number of nitrogens with two attached hydrogens (primary N) is 1. The first-order valence-corrected chi connectivity index (χ1v) is 7.38. The Morgan fingerprint density at radius 1 is 1.33 bits per heavy atom. The summed E-state index contributed by atoms with van der Waals surface area (Å²) in [5.74, 6) is 0.0686. The van der Waals surface area contributed by atoms with Crippen LogP contribution in [-0.4, -0.2) is 11.9 Å². The van der Waals surface area contributed by atoms with Gasteiger partial charge in [-0.1, -0.05) is 29.8 Å². The molecule has 1 unspecified atom stereocenters. The molecular formula is C17H17ClN2O. The van der Waals surface area contributed by atoms with Gasteiger partial charge in [-0.25, -0.2) is 0 Å². The topological polar surface area (TPSA) is 46.3 Å². The summed E-state index contributed by atoms with van der Waals surface area (Å²) in [5, 5.41) is 0.634. The second-order valence-electron chi connectivity index (χ2n) is 5.47. The predicted octanol–water partition coefficient (Wildman–Crippen LogP) is 3.44. The van der Waals surface area contributed by atoms with E-state index in [9.17, 15) is 4.79 Å². The SMILES string of the molecule is CC1Cc2cc(N)ccc2N1C(=O)Cc1ccccc1Cl. The monoisotopic (exact) mass is 300 g/mol. The molecule has 3 rings (SSSR count). The third kappa shape index (κ3) is 2.61. The molecule has 1 atom stereocenters. The molecule has 2 aromatic rings. The molecule has 0 saturated carbocycles. The first-order chi connectivity index (χ1) is 10.1. The lowest BCUT2D eigenvalue weighted by atomic mass is 10.1. The number of nitrogen functional groups attached to an aromatic ring is 1. The molecule has 2 N–H and O–H groups in total. The third-order valence-corrected chi connectivity index (χ3v) is 4.26. The van der Waals surface area contributed by atoms with E-state index >= 15 is 0 Å². The Hall–Kier alpha value is -2.00. The lowest BCUT2D eigenvalue weighted by Crippen LogP contribution is -2.36. The minimum absolute atomic E-state index is 0.0686. The van der Waals surface area contributed by atoms with Crippen LogP contribution in [0.1, 0.15) is 18.1 Å². The van der Waals surface area contributed by atoms with E-state index in [0.717, 1.165) is 28.9 Å². The Bertz CT molecular complexity index is 699. The number of benzene rings is 2. The molecule has 2 aromatic carbocycles. The van der Waals surface area contributed by atoms with Crippen molar-refractivity contribution in [3.8, 4) is 0 Å². The molecule has 1 amide bonds. The minimum atomic E-state index is 0.0686. The van der Waals surface area contributed by atoms with E-state index in [0.29, 0.717) is 11.4 Å². The fraction of sp³-hybridized carbons (Fsp3) is 0.235. The van der Waals surface area contributed by atoms with E-state index in [1.165, 1.54) is 0 Å². The van der Waals surface area contributed by atoms with Crippen LogP contribution in [0.2, 0.25) is 5.02 Å². The van der Waals surface area contributed by atoms with E-state index in [1.807, 2.05) is 47.4 Å². The first-order valence-electron chi connectivity index (χ1n) is 7.00. The van der Waals surface area contributed by atoms with E-state index in [2.05, 4.69) is 6.92 Å². The van der Waals surface area contributed by atoms with Gasteiger partial charge >= 0.3 is 0 Å². The number of halogens is 1. The Labute approximate surface area is 129 Å². The van der Waals surface area contributed by atoms with Gasteiger partial charge in [0, 0.05) is 22.4 Å². The highest BCUT2D eigenvalue weighted by atomic mass is 35.5. The van der Waals surface area contributed by atoms with Crippen LogP contribution in [-0.2, 0) is 17.6 Å². The maximum absolute atomic E-state index is 12.7. The number of carbonyl (C=O) groups excluding carboxylic acids is 1. The minimum Gasteiger partial charge on any atom is -0.399 e. The number of carbonyl (C=O) groups is 1. The van der Waals surface area contributed by atoms with Crippen LogP contribution in [0.5, 0.6) is 0 Å². The van der Waals surface area contributed by atoms with Crippen LogP contribution in [0, 0.1) is 0 Å². The molecule has 3 nitrogen and oxygen atoms in total. The number of fused-ring (bicyclic) bond motifs is 1. The van der Waals surface area contributed by atoms with Crippen LogP contribution < -0.4 is 10.6 Å². The van der Waals surface area contributed by atoms with Crippen molar-refractivity contribution in [2.45, 2.75) is 25.8 Å². The fourth-order valence-electron chi connectivity index (χ4n) is 2.92. The Morgan fingerprint density at radius 3 is 2.86 bits per heavy atom. The van der Waals surface area contributed by atoms with Gasteiger partial charge in [0.25, 0.3) is 0 Å². The maximum Gasteiger partial charge on any atom is 0.231 e. The predicted molar refractivity (Wildman–Crippen MR) is 86.7 cm³/mol. The van der Waals surface area contributed by atoms with Gasteiger partial charge in [0.2, 0.25) is 5.91 Å². The lowest BCUT2D eigenvalue weighted by molar-refractivity contribution is -0.118. The van der Waals surface area contributed by atoms with Crippen LogP contribution in [0.25, 0.3) is 0 Å². The zero-order valence-electron chi connectivity index (χ0n) is 11.8. The summed E-state index contributed by atoms with van der Waals surface area (Å²) >= 11 is 6.15. The first kappa shape index (κ1) is 14.0. The van der Waals surface area contributed by atoms with Crippen molar-refractivity contribution in [1.29, 1.82) is 0 Å². The summed E-state index contributed by atoms with van der Waals surface area (Å²) in [6, 6.07) is 13.3. The van der Waals surface area contributed by atoms with Crippen LogP contribution in [0.15, 0.2) is 42.5 Å². The molecule has 1 aliphatic heterocycles. The molecule has 0 fully saturated rings. The largest absolute Gasteiger partial charge is 0.399 e. The number of amides is 1. The Kier molecular flexibility index (Phi) is 3.60. The van der Waals surface area contributed by atoms with Gasteiger partial charge in [-0.3, -0.25) is 4.79 Å². The second-order valence-corrected chi connectivity index (χ2v) is 5.88. The zero-order chi connectivity index (χ0) is 15.0. The summed E-state index contributed by atoms with van der Waals surface area (Å²) in [6.07, 6.45) is 1.16. The highest BCUT2D eigenvalue weighted by Gasteiger charge is 2.30. The van der Waals surface area contributed by atoms with E-state index < -0.39 is 0 Å². The number of hydrogen-bond donors (Lipinski definition) is 1. The van der Waals surface area contributed by atoms with Crippen molar-refractivity contribution >= 4 is 28.9 Å². The van der Waals surface area contributed by atoms with E-state index in [4.69, 9.17) is 17.3 Å². The normalized spacial score (nSPS) is 16.9. The van der Waals surface area contributed by atoms with E-state index in [-0.39, 0.29) is 11.9 Å². The van der Waals surface area contributed by atoms with Crippen molar-refractivity contribution < 1.29 is 4.79 Å². The molecule has 0 spiro atoms. The van der Waals surface area contributed by atoms with Crippen molar-refractivity contribution in [2.75, 3.05) is 10.6 Å². The van der Waals surface area contributed by atoms with Crippen molar-refractivity contribution in [1.82, 2.24) is 0 Å². The maximum atomic E-state index is 12.7. The molecule has 0 radical (unpaired) electrons. The van der Waals surface area contributed by atoms with Gasteiger partial charge in [0.05, 0.1) is 6.42 Å². The highest BCUT2D eigenvalue weighted by molar-refractivity contribution is 6.31. The number of hydrogen-bond acceptors (Lipinski definition) is 2. The van der Waals surface area contributed by atoms with Gasteiger partial charge in [0.15, 0.2) is 0 Å². The van der Waals surface area contributed by atoms with Crippen LogP contribution >= 0.6 is 11.6 Å². The molecule has 0 aliphatic carbocycles. The average Bonchev–Trinajstić information content (AvgIpc) is 2.76. The molecule has 0 aromatic heterocycles. The number of nitrogens with zero attached hydrogens (tertiary/aromatic N) is 1. The zero-order valence-corrected chi connectivity index (χ0v) is 12.6. The van der Waals surface area contributed by atoms with Crippen LogP contribution in [0.4, 0.5) is 11.4 Å². The molecule has 0 bridgehead atoms. The molecule has 4 heteroatoms. The molecule has 1 heterocycles. The number of rotatable bonds is 2. The molecule has 108 valence electrons. The fourth-order valence-corrected chi connectivity index (χ4v) is 3.12. The summed E-state index contributed by atoms with van der Waals surface area (Å²) < 4.78 is 0. The van der Waals surface area contributed by atoms with Gasteiger partial charge in [0.1, 0.15) is 0 Å². The summed E-state index contributed by atoms with van der Waals surface area (Å²) in [7, 11) is 0. The average molecular weight is 301 g/mol. The van der Waals surface area contributed by atoms with Gasteiger partial charge in [-0.2, -0.15) is 0 Å². The third-order valence-electron chi connectivity index (χ3n) is 3.89. The second kappa shape index (κ2) is 5.41. The molecule has 21 heavy (non-hydrogen) atoms. The summed E-state index contributed by atoms with van der Waals surface area (Å²) in [4.78, 5) is 14.5. The van der Waals surface area contributed by atoms with Crippen molar-refractivity contribution in [3.05, 3.63) is 58.6 Å². The molecule has 0 saturated heterocycles. The lowest BCUT2D eigenvalue weighted by Gasteiger charge is -2.23. The number of anilines is 2. The van der Waals surface area contributed by atoms with Crippen molar-refractivity contribution in [3.63, 3.8) is 0 Å².